The number of unbranched alkanes of at least 4 members (excludes halogenated alkanes) is 1. The Balaban J connectivity index is 1.73. The van der Waals surface area contributed by atoms with Crippen molar-refractivity contribution in [2.75, 3.05) is 45.2 Å². The minimum Gasteiger partial charge on any atom is -0.355 e. The van der Waals surface area contributed by atoms with Gasteiger partial charge in [-0.1, -0.05) is 25.5 Å². The first-order valence-electron chi connectivity index (χ1n) is 9.66. The maximum Gasteiger partial charge on any atom is 0.227 e. The quantitative estimate of drug-likeness (QED) is 0.524. The molecule has 0 aromatic heterocycles. The average molecular weight is 360 g/mol. The summed E-state index contributed by atoms with van der Waals surface area (Å²) in [7, 11) is 3.94. The van der Waals surface area contributed by atoms with Crippen LogP contribution in [0.5, 0.6) is 0 Å². The van der Waals surface area contributed by atoms with E-state index in [2.05, 4.69) is 46.6 Å². The van der Waals surface area contributed by atoms with E-state index < -0.39 is 0 Å². The minimum absolute atomic E-state index is 0.226. The molecule has 0 saturated carbocycles. The number of benzene rings is 1. The fourth-order valence-corrected chi connectivity index (χ4v) is 3.03. The third-order valence-electron chi connectivity index (χ3n) is 4.68. The Morgan fingerprint density at radius 3 is 2.62 bits per heavy atom. The smallest absolute Gasteiger partial charge is 0.227 e. The van der Waals surface area contributed by atoms with Crippen LogP contribution in [0, 0.1) is 0 Å². The summed E-state index contributed by atoms with van der Waals surface area (Å²) in [6.07, 6.45) is 4.09. The van der Waals surface area contributed by atoms with Crippen molar-refractivity contribution >= 4 is 17.6 Å². The zero-order valence-corrected chi connectivity index (χ0v) is 16.4. The van der Waals surface area contributed by atoms with Gasteiger partial charge in [0.1, 0.15) is 0 Å². The van der Waals surface area contributed by atoms with E-state index in [1.165, 1.54) is 18.4 Å². The molecule has 2 N–H and O–H groups in total. The lowest BCUT2D eigenvalue weighted by atomic mass is 10.2. The van der Waals surface area contributed by atoms with Crippen LogP contribution in [-0.2, 0) is 11.3 Å². The van der Waals surface area contributed by atoms with Crippen molar-refractivity contribution in [1.29, 1.82) is 0 Å². The summed E-state index contributed by atoms with van der Waals surface area (Å²) in [4.78, 5) is 20.3. The van der Waals surface area contributed by atoms with Crippen molar-refractivity contribution in [3.05, 3.63) is 29.8 Å². The summed E-state index contributed by atoms with van der Waals surface area (Å²) in [6, 6.07) is 8.19. The predicted molar refractivity (Wildman–Crippen MR) is 109 cm³/mol. The van der Waals surface area contributed by atoms with E-state index in [1.807, 2.05) is 17.0 Å². The lowest BCUT2D eigenvalue weighted by Crippen LogP contribution is -2.40. The number of guanidine groups is 1. The topological polar surface area (TPSA) is 60.0 Å². The molecule has 1 aliphatic heterocycles. The highest BCUT2D eigenvalue weighted by atomic mass is 16.2. The molecule has 144 valence electrons. The zero-order chi connectivity index (χ0) is 18.8. The van der Waals surface area contributed by atoms with E-state index in [0.717, 1.165) is 44.2 Å². The maximum atomic E-state index is 11.8. The highest BCUT2D eigenvalue weighted by Gasteiger charge is 2.21. The van der Waals surface area contributed by atoms with Gasteiger partial charge >= 0.3 is 0 Å². The Morgan fingerprint density at radius 1 is 1.23 bits per heavy atom. The molecule has 0 spiro atoms. The van der Waals surface area contributed by atoms with Gasteiger partial charge in [-0.25, -0.2) is 0 Å². The normalized spacial score (nSPS) is 15.0. The molecule has 0 bridgehead atoms. The lowest BCUT2D eigenvalue weighted by molar-refractivity contribution is -0.117. The lowest BCUT2D eigenvalue weighted by Gasteiger charge is -2.18. The highest BCUT2D eigenvalue weighted by Crippen LogP contribution is 2.21. The van der Waals surface area contributed by atoms with Crippen molar-refractivity contribution in [2.24, 2.45) is 4.99 Å². The van der Waals surface area contributed by atoms with Crippen LogP contribution in [-0.4, -0.2) is 57.0 Å². The third-order valence-corrected chi connectivity index (χ3v) is 4.68. The van der Waals surface area contributed by atoms with E-state index in [4.69, 9.17) is 0 Å². The fourth-order valence-electron chi connectivity index (χ4n) is 3.03. The van der Waals surface area contributed by atoms with Crippen molar-refractivity contribution in [3.8, 4) is 0 Å². The van der Waals surface area contributed by atoms with Crippen LogP contribution in [0.2, 0.25) is 0 Å². The second-order valence-corrected chi connectivity index (χ2v) is 6.82. The number of nitrogens with one attached hydrogen (secondary N) is 2. The van der Waals surface area contributed by atoms with E-state index >= 15 is 0 Å². The molecule has 26 heavy (non-hydrogen) atoms. The first-order chi connectivity index (χ1) is 12.6. The van der Waals surface area contributed by atoms with Crippen LogP contribution in [0.4, 0.5) is 5.69 Å². The van der Waals surface area contributed by atoms with Crippen molar-refractivity contribution in [1.82, 2.24) is 15.5 Å². The minimum atomic E-state index is 0.226. The van der Waals surface area contributed by atoms with Crippen LogP contribution in [0.15, 0.2) is 29.3 Å². The Labute approximate surface area is 157 Å². The molecule has 2 rings (SSSR count). The summed E-state index contributed by atoms with van der Waals surface area (Å²) in [5.41, 5.74) is 2.16. The molecule has 6 heteroatoms. The number of carbonyl (C=O) groups is 1. The summed E-state index contributed by atoms with van der Waals surface area (Å²) in [5, 5.41) is 6.69. The van der Waals surface area contributed by atoms with Gasteiger partial charge in [0, 0.05) is 45.3 Å². The monoisotopic (exact) mass is 359 g/mol. The molecule has 1 saturated heterocycles. The predicted octanol–water partition coefficient (Wildman–Crippen LogP) is 2.21. The highest BCUT2D eigenvalue weighted by molar-refractivity contribution is 5.95. The van der Waals surface area contributed by atoms with Crippen molar-refractivity contribution in [2.45, 2.75) is 39.2 Å². The van der Waals surface area contributed by atoms with Crippen LogP contribution in [0.25, 0.3) is 0 Å². The van der Waals surface area contributed by atoms with Crippen LogP contribution >= 0.6 is 0 Å². The van der Waals surface area contributed by atoms with E-state index in [1.54, 1.807) is 7.05 Å². The Kier molecular flexibility index (Phi) is 8.41. The van der Waals surface area contributed by atoms with Gasteiger partial charge in [0.05, 0.1) is 0 Å². The standard InChI is InChI=1S/C20H33N5O/c1-4-5-13-24(3)15-12-22-20(21-2)23-16-17-8-10-18(11-9-17)25-14-6-7-19(25)26/h8-11H,4-7,12-16H2,1-3H3,(H2,21,22,23). The second kappa shape index (κ2) is 10.8. The largest absolute Gasteiger partial charge is 0.355 e. The number of hydrogen-bond donors (Lipinski definition) is 2. The van der Waals surface area contributed by atoms with Gasteiger partial charge in [0.15, 0.2) is 5.96 Å². The number of hydrogen-bond acceptors (Lipinski definition) is 3. The first kappa shape index (κ1) is 20.2. The molecule has 0 unspecified atom stereocenters. The molecule has 0 atom stereocenters. The summed E-state index contributed by atoms with van der Waals surface area (Å²) >= 11 is 0. The van der Waals surface area contributed by atoms with Gasteiger partial charge in [0.2, 0.25) is 5.91 Å². The molecule has 0 radical (unpaired) electrons. The summed E-state index contributed by atoms with van der Waals surface area (Å²) < 4.78 is 0. The van der Waals surface area contributed by atoms with Gasteiger partial charge in [-0.05, 0) is 44.1 Å². The van der Waals surface area contributed by atoms with Gasteiger partial charge in [-0.3, -0.25) is 9.79 Å². The Morgan fingerprint density at radius 2 is 2.00 bits per heavy atom. The summed E-state index contributed by atoms with van der Waals surface area (Å²) in [6.45, 7) is 6.76. The molecule has 1 aliphatic rings. The van der Waals surface area contributed by atoms with E-state index in [0.29, 0.717) is 13.0 Å². The van der Waals surface area contributed by atoms with Crippen LogP contribution in [0.1, 0.15) is 38.2 Å². The average Bonchev–Trinajstić information content (AvgIpc) is 3.09. The number of anilines is 1. The van der Waals surface area contributed by atoms with Crippen LogP contribution in [0.3, 0.4) is 0 Å². The van der Waals surface area contributed by atoms with E-state index in [-0.39, 0.29) is 5.91 Å². The zero-order valence-electron chi connectivity index (χ0n) is 16.4. The SMILES string of the molecule is CCCCN(C)CCNC(=NC)NCc1ccc(N2CCCC2=O)cc1. The van der Waals surface area contributed by atoms with Crippen LogP contribution < -0.4 is 15.5 Å². The molecule has 1 fully saturated rings. The maximum absolute atomic E-state index is 11.8. The molecule has 0 aliphatic carbocycles. The number of rotatable bonds is 9. The van der Waals surface area contributed by atoms with Crippen molar-refractivity contribution < 1.29 is 4.79 Å². The molecular weight excluding hydrogens is 326 g/mol. The molecule has 1 heterocycles. The van der Waals surface area contributed by atoms with Gasteiger partial charge < -0.3 is 20.4 Å². The Hall–Kier alpha value is -2.08. The first-order valence-corrected chi connectivity index (χ1v) is 9.66. The molecule has 1 aromatic carbocycles. The number of likely N-dealkylation sites (N-methyl/N-ethyl adjacent to an activating group) is 1. The second-order valence-electron chi connectivity index (χ2n) is 6.82. The number of carbonyl (C=O) groups excluding carboxylic acids is 1. The third kappa shape index (κ3) is 6.33. The molecule has 1 aromatic rings. The number of amides is 1. The molecule has 6 nitrogen and oxygen atoms in total. The number of aliphatic imine (C=N–C) groups is 1. The van der Waals surface area contributed by atoms with Crippen molar-refractivity contribution in [3.63, 3.8) is 0 Å². The van der Waals surface area contributed by atoms with Gasteiger partial charge in [0.25, 0.3) is 0 Å². The Bertz CT molecular complexity index is 584. The molecular formula is C20H33N5O. The summed E-state index contributed by atoms with van der Waals surface area (Å²) in [5.74, 6) is 1.04. The van der Waals surface area contributed by atoms with E-state index in [9.17, 15) is 4.79 Å². The molecule has 1 amide bonds. The number of nitrogens with zero attached hydrogens (tertiary/aromatic N) is 3. The fraction of sp³-hybridized carbons (Fsp3) is 0.600. The van der Waals surface area contributed by atoms with Gasteiger partial charge in [-0.2, -0.15) is 0 Å². The van der Waals surface area contributed by atoms with Gasteiger partial charge in [-0.15, -0.1) is 0 Å².